The number of hydrogen-bond donors (Lipinski definition) is 3. The molecule has 9 atom stereocenters. The van der Waals surface area contributed by atoms with Crippen molar-refractivity contribution >= 4 is 11.8 Å². The normalized spacial score (nSPS) is 55.2. The third-order valence-corrected chi connectivity index (χ3v) is 8.54. The zero-order valence-electron chi connectivity index (χ0n) is 16.2. The molecule has 0 amide bonds. The maximum atomic E-state index is 16.8. The number of allylic oxidation sites excluding steroid dienone is 4. The van der Waals surface area contributed by atoms with Gasteiger partial charge in [0.1, 0.15) is 6.17 Å². The summed E-state index contributed by atoms with van der Waals surface area (Å²) in [5, 5.41) is 31.8. The average Bonchev–Trinajstić information content (AvgIpc) is 2.81. The summed E-state index contributed by atoms with van der Waals surface area (Å²) in [7, 11) is 0. The Morgan fingerprint density at radius 1 is 1.25 bits per heavy atom. The second-order valence-electron chi connectivity index (χ2n) is 9.57. The van der Waals surface area contributed by atoms with Crippen molar-refractivity contribution in [3.05, 3.63) is 23.8 Å². The molecule has 0 heterocycles. The van der Waals surface area contributed by atoms with Crippen molar-refractivity contribution in [3.63, 3.8) is 0 Å². The number of aliphatic carboxylic acids is 1. The molecule has 4 aliphatic carbocycles. The highest BCUT2D eigenvalue weighted by Crippen LogP contribution is 2.70. The molecule has 4 aliphatic rings. The second-order valence-corrected chi connectivity index (χ2v) is 9.57. The minimum atomic E-state index is -2.26. The fourth-order valence-corrected chi connectivity index (χ4v) is 7.00. The molecule has 0 radical (unpaired) electrons. The molecule has 5 nitrogen and oxygen atoms in total. The number of halogens is 2. The number of carbonyl (C=O) groups is 2. The zero-order valence-corrected chi connectivity index (χ0v) is 16.2. The summed E-state index contributed by atoms with van der Waals surface area (Å²) in [6.45, 7) is 4.67. The molecule has 28 heavy (non-hydrogen) atoms. The van der Waals surface area contributed by atoms with Gasteiger partial charge in [-0.1, -0.05) is 19.9 Å². The molecule has 0 saturated heterocycles. The van der Waals surface area contributed by atoms with Gasteiger partial charge in [-0.25, -0.2) is 13.6 Å². The van der Waals surface area contributed by atoms with Crippen LogP contribution in [0.25, 0.3) is 0 Å². The predicted octanol–water partition coefficient (Wildman–Crippen LogP) is 2.37. The Hall–Kier alpha value is -1.60. The number of aliphatic hydroxyl groups excluding tert-OH is 1. The van der Waals surface area contributed by atoms with Gasteiger partial charge in [0.25, 0.3) is 0 Å². The molecule has 0 unspecified atom stereocenters. The highest BCUT2D eigenvalue weighted by Gasteiger charge is 2.76. The number of carboxylic acid groups (broad SMARTS) is 1. The smallest absolute Gasteiger partial charge is 0.336 e. The van der Waals surface area contributed by atoms with Gasteiger partial charge < -0.3 is 15.3 Å². The van der Waals surface area contributed by atoms with Gasteiger partial charge in [-0.3, -0.25) is 4.79 Å². The Balaban J connectivity index is 1.88. The Labute approximate surface area is 162 Å². The Bertz CT molecular complexity index is 824. The zero-order chi connectivity index (χ0) is 20.9. The van der Waals surface area contributed by atoms with Crippen LogP contribution >= 0.6 is 0 Å². The molecule has 3 saturated carbocycles. The Morgan fingerprint density at radius 3 is 2.50 bits per heavy atom. The van der Waals surface area contributed by atoms with Gasteiger partial charge in [0, 0.05) is 16.7 Å². The van der Waals surface area contributed by atoms with Crippen molar-refractivity contribution in [2.75, 3.05) is 0 Å². The van der Waals surface area contributed by atoms with E-state index in [1.807, 2.05) is 0 Å². The molecule has 0 bridgehead atoms. The van der Waals surface area contributed by atoms with E-state index in [4.69, 9.17) is 0 Å². The topological polar surface area (TPSA) is 94.8 Å². The molecule has 4 rings (SSSR count). The Kier molecular flexibility index (Phi) is 3.88. The standard InChI is InChI=1S/C21H26F2O5/c1-10-6-12-13-8-15(22)14-7-11(24)4-5-18(14,2)20(13,23)16(25)9-19(12,3)21(10,28)17(26)27/h4-5,7,10,12-13,15-16,25,28H,6,8-9H2,1-3H3,(H,26,27)/t10-,12+,13+,15+,16+,18+,19+,20+,21-/m1/s1. The van der Waals surface area contributed by atoms with Crippen molar-refractivity contribution in [2.45, 2.75) is 63.6 Å². The van der Waals surface area contributed by atoms with E-state index in [2.05, 4.69) is 0 Å². The third kappa shape index (κ3) is 1.92. The largest absolute Gasteiger partial charge is 0.479 e. The van der Waals surface area contributed by atoms with E-state index in [0.29, 0.717) is 0 Å². The van der Waals surface area contributed by atoms with E-state index in [0.717, 1.165) is 6.08 Å². The van der Waals surface area contributed by atoms with Gasteiger partial charge in [-0.05, 0) is 55.7 Å². The second kappa shape index (κ2) is 5.51. The van der Waals surface area contributed by atoms with Crippen LogP contribution in [0.4, 0.5) is 8.78 Å². The van der Waals surface area contributed by atoms with E-state index in [-0.39, 0.29) is 24.8 Å². The van der Waals surface area contributed by atoms with E-state index in [1.165, 1.54) is 19.1 Å². The van der Waals surface area contributed by atoms with Gasteiger partial charge in [-0.15, -0.1) is 0 Å². The monoisotopic (exact) mass is 396 g/mol. The van der Waals surface area contributed by atoms with E-state index < -0.39 is 63.9 Å². The summed E-state index contributed by atoms with van der Waals surface area (Å²) in [6, 6.07) is 0. The van der Waals surface area contributed by atoms with Crippen molar-refractivity contribution in [2.24, 2.45) is 28.6 Å². The number of ketones is 1. The van der Waals surface area contributed by atoms with Gasteiger partial charge in [-0.2, -0.15) is 0 Å². The number of alkyl halides is 2. The minimum Gasteiger partial charge on any atom is -0.479 e. The quantitative estimate of drug-likeness (QED) is 0.633. The number of carbonyl (C=O) groups excluding carboxylic acids is 1. The van der Waals surface area contributed by atoms with Crippen LogP contribution in [0.15, 0.2) is 23.8 Å². The lowest BCUT2D eigenvalue weighted by Gasteiger charge is -2.62. The molecule has 154 valence electrons. The maximum Gasteiger partial charge on any atom is 0.336 e. The molecule has 0 aromatic heterocycles. The molecule has 0 aliphatic heterocycles. The third-order valence-electron chi connectivity index (χ3n) is 8.54. The summed E-state index contributed by atoms with van der Waals surface area (Å²) >= 11 is 0. The fraction of sp³-hybridized carbons (Fsp3) is 0.714. The fourth-order valence-electron chi connectivity index (χ4n) is 7.00. The van der Waals surface area contributed by atoms with Crippen LogP contribution < -0.4 is 0 Å². The van der Waals surface area contributed by atoms with Crippen LogP contribution in [-0.2, 0) is 9.59 Å². The molecule has 0 aromatic rings. The van der Waals surface area contributed by atoms with Crippen LogP contribution in [0.1, 0.15) is 40.0 Å². The van der Waals surface area contributed by atoms with Crippen molar-refractivity contribution in [1.82, 2.24) is 0 Å². The number of carboxylic acids is 1. The first kappa shape index (κ1) is 19.7. The van der Waals surface area contributed by atoms with Crippen LogP contribution in [0, 0.1) is 28.6 Å². The molecule has 7 heteroatoms. The van der Waals surface area contributed by atoms with Gasteiger partial charge in [0.05, 0.1) is 6.10 Å². The van der Waals surface area contributed by atoms with Crippen molar-refractivity contribution in [3.8, 4) is 0 Å². The van der Waals surface area contributed by atoms with Crippen LogP contribution in [0.2, 0.25) is 0 Å². The highest BCUT2D eigenvalue weighted by molar-refractivity contribution is 6.01. The number of fused-ring (bicyclic) bond motifs is 5. The predicted molar refractivity (Wildman–Crippen MR) is 95.8 cm³/mol. The SMILES string of the molecule is C[C@@H]1C[C@H]2[C@@H]3C[C@H](F)C4=CC(=O)C=C[C@]4(C)[C@@]3(F)[C@@H](O)C[C@]2(C)[C@]1(O)C(=O)O. The average molecular weight is 396 g/mol. The lowest BCUT2D eigenvalue weighted by molar-refractivity contribution is -0.229. The Morgan fingerprint density at radius 2 is 1.89 bits per heavy atom. The first-order valence-corrected chi connectivity index (χ1v) is 9.76. The lowest BCUT2D eigenvalue weighted by Crippen LogP contribution is -2.70. The molecule has 0 aromatic carbocycles. The summed E-state index contributed by atoms with van der Waals surface area (Å²) in [6.07, 6.45) is 0.214. The van der Waals surface area contributed by atoms with Gasteiger partial charge in [0.15, 0.2) is 17.1 Å². The molecular weight excluding hydrogens is 370 g/mol. The summed E-state index contributed by atoms with van der Waals surface area (Å²) in [5.74, 6) is -4.07. The van der Waals surface area contributed by atoms with E-state index >= 15 is 8.78 Å². The van der Waals surface area contributed by atoms with Crippen molar-refractivity contribution in [1.29, 1.82) is 0 Å². The number of rotatable bonds is 1. The van der Waals surface area contributed by atoms with Gasteiger partial charge >= 0.3 is 5.97 Å². The molecular formula is C21H26F2O5. The molecule has 3 fully saturated rings. The van der Waals surface area contributed by atoms with E-state index in [9.17, 15) is 24.9 Å². The summed E-state index contributed by atoms with van der Waals surface area (Å²) in [5.41, 5.74) is -7.14. The van der Waals surface area contributed by atoms with Crippen LogP contribution in [-0.4, -0.2) is 50.6 Å². The summed E-state index contributed by atoms with van der Waals surface area (Å²) in [4.78, 5) is 23.7. The van der Waals surface area contributed by atoms with E-state index in [1.54, 1.807) is 13.8 Å². The molecule has 3 N–H and O–H groups in total. The summed E-state index contributed by atoms with van der Waals surface area (Å²) < 4.78 is 31.9. The lowest BCUT2D eigenvalue weighted by atomic mass is 9.44. The van der Waals surface area contributed by atoms with Crippen LogP contribution in [0.5, 0.6) is 0 Å². The van der Waals surface area contributed by atoms with Crippen LogP contribution in [0.3, 0.4) is 0 Å². The van der Waals surface area contributed by atoms with Crippen molar-refractivity contribution < 1.29 is 33.7 Å². The first-order valence-electron chi connectivity index (χ1n) is 9.76. The van der Waals surface area contributed by atoms with Gasteiger partial charge in [0.2, 0.25) is 0 Å². The number of aliphatic hydroxyl groups is 2. The molecule has 0 spiro atoms. The highest BCUT2D eigenvalue weighted by atomic mass is 19.1. The number of hydrogen-bond acceptors (Lipinski definition) is 4. The minimum absolute atomic E-state index is 0.0287. The maximum absolute atomic E-state index is 16.8. The first-order chi connectivity index (χ1) is 12.8.